The number of hydrogen-bond acceptors (Lipinski definition) is 4. The molecule has 0 aliphatic carbocycles. The molecule has 0 spiro atoms. The smallest absolute Gasteiger partial charge is 0.222 e. The van der Waals surface area contributed by atoms with E-state index in [1.54, 1.807) is 7.11 Å². The zero-order chi connectivity index (χ0) is 19.0. The van der Waals surface area contributed by atoms with Crippen LogP contribution in [0.15, 0.2) is 4.99 Å². The Hall–Kier alpha value is -1.34. The Bertz CT molecular complexity index is 403. The van der Waals surface area contributed by atoms with E-state index < -0.39 is 0 Å². The Balaban J connectivity index is 2.22. The molecular formula is C19H39N5O2. The molecule has 1 aliphatic heterocycles. The van der Waals surface area contributed by atoms with Crippen LogP contribution in [0.25, 0.3) is 0 Å². The van der Waals surface area contributed by atoms with Crippen molar-refractivity contribution >= 4 is 11.9 Å². The Kier molecular flexibility index (Phi) is 12.9. The van der Waals surface area contributed by atoms with E-state index in [1.165, 1.54) is 6.42 Å². The lowest BCUT2D eigenvalue weighted by molar-refractivity contribution is -0.130. The van der Waals surface area contributed by atoms with E-state index in [4.69, 9.17) is 4.74 Å². The fourth-order valence-corrected chi connectivity index (χ4v) is 2.98. The number of methoxy groups -OCH3 is 1. The molecular weight excluding hydrogens is 330 g/mol. The van der Waals surface area contributed by atoms with E-state index in [9.17, 15) is 4.79 Å². The molecule has 2 N–H and O–H groups in total. The van der Waals surface area contributed by atoms with Crippen LogP contribution in [0.2, 0.25) is 0 Å². The van der Waals surface area contributed by atoms with Crippen LogP contribution in [0.4, 0.5) is 0 Å². The Morgan fingerprint density at radius 2 is 2.08 bits per heavy atom. The number of carbonyl (C=O) groups excluding carboxylic acids is 1. The molecule has 152 valence electrons. The molecule has 26 heavy (non-hydrogen) atoms. The number of rotatable bonds is 12. The second-order valence-corrected chi connectivity index (χ2v) is 6.88. The van der Waals surface area contributed by atoms with Crippen LogP contribution in [0.3, 0.4) is 0 Å². The van der Waals surface area contributed by atoms with Gasteiger partial charge in [-0.05, 0) is 46.2 Å². The summed E-state index contributed by atoms with van der Waals surface area (Å²) >= 11 is 0. The minimum absolute atomic E-state index is 0.314. The largest absolute Gasteiger partial charge is 0.383 e. The molecule has 0 radical (unpaired) electrons. The van der Waals surface area contributed by atoms with E-state index >= 15 is 0 Å². The molecule has 0 saturated carbocycles. The first-order valence-electron chi connectivity index (χ1n) is 10.1. The van der Waals surface area contributed by atoms with Gasteiger partial charge in [-0.1, -0.05) is 6.42 Å². The maximum absolute atomic E-state index is 12.0. The first kappa shape index (κ1) is 22.7. The Labute approximate surface area is 159 Å². The third-order valence-corrected chi connectivity index (χ3v) is 4.56. The molecule has 1 saturated heterocycles. The molecule has 0 unspecified atom stereocenters. The minimum Gasteiger partial charge on any atom is -0.383 e. The molecule has 1 aliphatic rings. The molecule has 1 heterocycles. The van der Waals surface area contributed by atoms with Gasteiger partial charge in [0.1, 0.15) is 0 Å². The maximum atomic E-state index is 12.0. The van der Waals surface area contributed by atoms with Gasteiger partial charge in [-0.25, -0.2) is 0 Å². The lowest BCUT2D eigenvalue weighted by Crippen LogP contribution is -2.39. The molecule has 7 heteroatoms. The lowest BCUT2D eigenvalue weighted by Gasteiger charge is -2.20. The fourth-order valence-electron chi connectivity index (χ4n) is 2.98. The standard InChI is InChI=1S/C19H39N5O2/c1-4-20-19(21-11-8-13-23(2)16-17-26-3)22-12-9-15-24-14-7-5-6-10-18(24)25/h4-17H2,1-3H3,(H2,20,21,22). The van der Waals surface area contributed by atoms with Crippen LogP contribution >= 0.6 is 0 Å². The van der Waals surface area contributed by atoms with Gasteiger partial charge in [-0.3, -0.25) is 9.79 Å². The number of aliphatic imine (C=N–C) groups is 1. The van der Waals surface area contributed by atoms with Crippen LogP contribution in [0, 0.1) is 0 Å². The predicted molar refractivity (Wildman–Crippen MR) is 108 cm³/mol. The van der Waals surface area contributed by atoms with Crippen molar-refractivity contribution in [3.63, 3.8) is 0 Å². The third kappa shape index (κ3) is 10.6. The number of likely N-dealkylation sites (N-methyl/N-ethyl adjacent to an activating group) is 1. The van der Waals surface area contributed by atoms with E-state index in [1.807, 2.05) is 4.90 Å². The van der Waals surface area contributed by atoms with E-state index in [2.05, 4.69) is 34.5 Å². The molecule has 0 atom stereocenters. The van der Waals surface area contributed by atoms with Gasteiger partial charge in [0.15, 0.2) is 5.96 Å². The van der Waals surface area contributed by atoms with Crippen LogP contribution < -0.4 is 10.6 Å². The minimum atomic E-state index is 0.314. The van der Waals surface area contributed by atoms with Crippen molar-refractivity contribution in [1.82, 2.24) is 20.4 Å². The number of likely N-dealkylation sites (tertiary alicyclic amines) is 1. The Morgan fingerprint density at radius 3 is 2.85 bits per heavy atom. The molecule has 0 bridgehead atoms. The van der Waals surface area contributed by atoms with Crippen molar-refractivity contribution in [2.75, 3.05) is 66.6 Å². The van der Waals surface area contributed by atoms with Crippen molar-refractivity contribution in [2.45, 2.75) is 45.4 Å². The highest BCUT2D eigenvalue weighted by molar-refractivity contribution is 5.79. The van der Waals surface area contributed by atoms with Crippen LogP contribution in [0.5, 0.6) is 0 Å². The number of ether oxygens (including phenoxy) is 1. The molecule has 1 rings (SSSR count). The average molecular weight is 370 g/mol. The number of nitrogens with zero attached hydrogens (tertiary/aromatic N) is 3. The van der Waals surface area contributed by atoms with Crippen molar-refractivity contribution in [1.29, 1.82) is 0 Å². The van der Waals surface area contributed by atoms with Crippen LogP contribution in [0.1, 0.15) is 45.4 Å². The lowest BCUT2D eigenvalue weighted by atomic mass is 10.2. The highest BCUT2D eigenvalue weighted by Gasteiger charge is 2.15. The summed E-state index contributed by atoms with van der Waals surface area (Å²) in [5, 5.41) is 6.68. The second-order valence-electron chi connectivity index (χ2n) is 6.88. The average Bonchev–Trinajstić information content (AvgIpc) is 2.84. The quantitative estimate of drug-likeness (QED) is 0.308. The highest BCUT2D eigenvalue weighted by atomic mass is 16.5. The number of hydrogen-bond donors (Lipinski definition) is 2. The first-order chi connectivity index (χ1) is 12.7. The number of carbonyl (C=O) groups is 1. The predicted octanol–water partition coefficient (Wildman–Crippen LogP) is 1.30. The molecule has 7 nitrogen and oxygen atoms in total. The Morgan fingerprint density at radius 1 is 1.23 bits per heavy atom. The van der Waals surface area contributed by atoms with Gasteiger partial charge in [0.2, 0.25) is 5.91 Å². The first-order valence-corrected chi connectivity index (χ1v) is 10.1. The van der Waals surface area contributed by atoms with Crippen LogP contribution in [-0.4, -0.2) is 88.2 Å². The summed E-state index contributed by atoms with van der Waals surface area (Å²) < 4.78 is 5.09. The molecule has 1 fully saturated rings. The van der Waals surface area contributed by atoms with Gasteiger partial charge in [0.05, 0.1) is 6.61 Å². The summed E-state index contributed by atoms with van der Waals surface area (Å²) in [5.74, 6) is 1.18. The topological polar surface area (TPSA) is 69.2 Å². The summed E-state index contributed by atoms with van der Waals surface area (Å²) in [5.41, 5.74) is 0. The summed E-state index contributed by atoms with van der Waals surface area (Å²) in [6, 6.07) is 0. The van der Waals surface area contributed by atoms with Crippen molar-refractivity contribution < 1.29 is 9.53 Å². The summed E-state index contributed by atoms with van der Waals surface area (Å²) in [6.45, 7) is 9.07. The maximum Gasteiger partial charge on any atom is 0.222 e. The van der Waals surface area contributed by atoms with Gasteiger partial charge in [0, 0.05) is 52.8 Å². The van der Waals surface area contributed by atoms with Gasteiger partial charge < -0.3 is 25.2 Å². The van der Waals surface area contributed by atoms with Gasteiger partial charge >= 0.3 is 0 Å². The van der Waals surface area contributed by atoms with Crippen molar-refractivity contribution in [3.05, 3.63) is 0 Å². The van der Waals surface area contributed by atoms with E-state index in [-0.39, 0.29) is 0 Å². The normalized spacial score (nSPS) is 16.1. The molecule has 0 aromatic carbocycles. The van der Waals surface area contributed by atoms with E-state index in [0.29, 0.717) is 12.3 Å². The van der Waals surface area contributed by atoms with Gasteiger partial charge in [-0.15, -0.1) is 0 Å². The zero-order valence-corrected chi connectivity index (χ0v) is 17.1. The van der Waals surface area contributed by atoms with E-state index in [0.717, 1.165) is 84.1 Å². The third-order valence-electron chi connectivity index (χ3n) is 4.56. The fraction of sp³-hybridized carbons (Fsp3) is 0.895. The number of nitrogens with one attached hydrogen (secondary N) is 2. The molecule has 0 aromatic heterocycles. The second kappa shape index (κ2) is 14.8. The van der Waals surface area contributed by atoms with Crippen molar-refractivity contribution in [3.8, 4) is 0 Å². The number of amides is 1. The zero-order valence-electron chi connectivity index (χ0n) is 17.1. The highest BCUT2D eigenvalue weighted by Crippen LogP contribution is 2.11. The molecule has 1 amide bonds. The number of guanidine groups is 1. The summed E-state index contributed by atoms with van der Waals surface area (Å²) in [7, 11) is 3.85. The SMILES string of the molecule is CCNC(=NCCCN1CCCCCC1=O)NCCCN(C)CCOC. The van der Waals surface area contributed by atoms with Crippen LogP contribution in [-0.2, 0) is 9.53 Å². The molecule has 0 aromatic rings. The summed E-state index contributed by atoms with van der Waals surface area (Å²) in [4.78, 5) is 20.9. The van der Waals surface area contributed by atoms with Crippen molar-refractivity contribution in [2.24, 2.45) is 4.99 Å². The van der Waals surface area contributed by atoms with Gasteiger partial charge in [0.25, 0.3) is 0 Å². The monoisotopic (exact) mass is 369 g/mol. The van der Waals surface area contributed by atoms with Gasteiger partial charge in [-0.2, -0.15) is 0 Å². The summed E-state index contributed by atoms with van der Waals surface area (Å²) in [6.07, 6.45) is 6.05.